The van der Waals surface area contributed by atoms with Crippen molar-refractivity contribution in [2.45, 2.75) is 45.2 Å². The highest BCUT2D eigenvalue weighted by Gasteiger charge is 2.21. The van der Waals surface area contributed by atoms with Gasteiger partial charge >= 0.3 is 0 Å². The van der Waals surface area contributed by atoms with Gasteiger partial charge in [-0.05, 0) is 63.0 Å². The average Bonchev–Trinajstić information content (AvgIpc) is 2.62. The van der Waals surface area contributed by atoms with Crippen LogP contribution in [0.25, 0.3) is 0 Å². The van der Waals surface area contributed by atoms with Gasteiger partial charge in [0.15, 0.2) is 0 Å². The molecule has 0 bridgehead atoms. The number of nitrogens with one attached hydrogen (secondary N) is 1. The van der Waals surface area contributed by atoms with Crippen LogP contribution < -0.4 is 5.32 Å². The van der Waals surface area contributed by atoms with E-state index in [1.54, 1.807) is 12.1 Å². The molecule has 1 fully saturated rings. The van der Waals surface area contributed by atoms with Crippen molar-refractivity contribution in [2.24, 2.45) is 5.92 Å². The van der Waals surface area contributed by atoms with Gasteiger partial charge in [0, 0.05) is 12.1 Å². The van der Waals surface area contributed by atoms with Crippen LogP contribution in [-0.2, 0) is 0 Å². The first-order valence-corrected chi connectivity index (χ1v) is 7.76. The van der Waals surface area contributed by atoms with Gasteiger partial charge in [-0.3, -0.25) is 0 Å². The summed E-state index contributed by atoms with van der Waals surface area (Å²) in [5.41, 5.74) is 1.19. The molecule has 2 atom stereocenters. The predicted molar refractivity (Wildman–Crippen MR) is 82.3 cm³/mol. The lowest BCUT2D eigenvalue weighted by Gasteiger charge is -2.28. The van der Waals surface area contributed by atoms with E-state index >= 15 is 0 Å². The summed E-state index contributed by atoms with van der Waals surface area (Å²) in [7, 11) is 2.20. The number of hydrogen-bond acceptors (Lipinski definition) is 2. The highest BCUT2D eigenvalue weighted by molar-refractivity contribution is 5.20. The molecule has 1 N–H and O–H groups in total. The molecule has 2 rings (SSSR count). The standard InChI is InChI=1S/C17H27FN2/c1-13(2)17(14-6-8-15(18)9-7-14)19-16-5-4-11-20(3)12-10-16/h6-9,13,16-17,19H,4-5,10-12H2,1-3H3. The van der Waals surface area contributed by atoms with Crippen molar-refractivity contribution in [2.75, 3.05) is 20.1 Å². The summed E-state index contributed by atoms with van der Waals surface area (Å²) in [5.74, 6) is 0.341. The van der Waals surface area contributed by atoms with Gasteiger partial charge in [-0.25, -0.2) is 4.39 Å². The largest absolute Gasteiger partial charge is 0.307 e. The van der Waals surface area contributed by atoms with E-state index in [0.717, 1.165) is 6.54 Å². The second kappa shape index (κ2) is 7.19. The molecule has 1 aliphatic rings. The van der Waals surface area contributed by atoms with Crippen molar-refractivity contribution in [3.05, 3.63) is 35.6 Å². The minimum absolute atomic E-state index is 0.160. The SMILES string of the molecule is CC(C)C(NC1CCCN(C)CC1)c1ccc(F)cc1. The Balaban J connectivity index is 2.03. The lowest BCUT2D eigenvalue weighted by molar-refractivity contribution is 0.321. The Morgan fingerprint density at radius 3 is 2.50 bits per heavy atom. The molecule has 1 aromatic carbocycles. The van der Waals surface area contributed by atoms with E-state index in [2.05, 4.69) is 31.1 Å². The van der Waals surface area contributed by atoms with E-state index in [4.69, 9.17) is 0 Å². The average molecular weight is 278 g/mol. The van der Waals surface area contributed by atoms with Gasteiger partial charge in [0.05, 0.1) is 0 Å². The van der Waals surface area contributed by atoms with Gasteiger partial charge in [0.2, 0.25) is 0 Å². The van der Waals surface area contributed by atoms with Gasteiger partial charge in [-0.2, -0.15) is 0 Å². The number of nitrogens with zero attached hydrogens (tertiary/aromatic N) is 1. The molecule has 1 heterocycles. The lowest BCUT2D eigenvalue weighted by Crippen LogP contribution is -2.36. The fourth-order valence-corrected chi connectivity index (χ4v) is 3.00. The Morgan fingerprint density at radius 2 is 1.85 bits per heavy atom. The van der Waals surface area contributed by atoms with Crippen molar-refractivity contribution < 1.29 is 4.39 Å². The molecule has 2 unspecified atom stereocenters. The molecule has 112 valence electrons. The van der Waals surface area contributed by atoms with E-state index in [1.165, 1.54) is 31.4 Å². The van der Waals surface area contributed by atoms with Crippen molar-refractivity contribution in [3.63, 3.8) is 0 Å². The molecule has 1 saturated heterocycles. The first-order chi connectivity index (χ1) is 9.56. The van der Waals surface area contributed by atoms with Crippen LogP contribution in [0.5, 0.6) is 0 Å². The summed E-state index contributed by atoms with van der Waals surface area (Å²) < 4.78 is 13.1. The number of halogens is 1. The van der Waals surface area contributed by atoms with Gasteiger partial charge < -0.3 is 10.2 Å². The molecule has 1 aliphatic heterocycles. The summed E-state index contributed by atoms with van der Waals surface area (Å²) in [6.07, 6.45) is 3.68. The predicted octanol–water partition coefficient (Wildman–Crippen LogP) is 3.60. The molecular weight excluding hydrogens is 251 g/mol. The molecule has 0 spiro atoms. The van der Waals surface area contributed by atoms with Crippen LogP contribution in [0.15, 0.2) is 24.3 Å². The third kappa shape index (κ3) is 4.29. The molecule has 20 heavy (non-hydrogen) atoms. The first-order valence-electron chi connectivity index (χ1n) is 7.76. The monoisotopic (exact) mass is 278 g/mol. The van der Waals surface area contributed by atoms with Gasteiger partial charge in [-0.15, -0.1) is 0 Å². The van der Waals surface area contributed by atoms with E-state index in [9.17, 15) is 4.39 Å². The fraction of sp³-hybridized carbons (Fsp3) is 0.647. The Kier molecular flexibility index (Phi) is 5.55. The summed E-state index contributed by atoms with van der Waals surface area (Å²) >= 11 is 0. The molecule has 3 heteroatoms. The van der Waals surface area contributed by atoms with Crippen LogP contribution in [0.2, 0.25) is 0 Å². The number of likely N-dealkylation sites (tertiary alicyclic amines) is 1. The zero-order valence-electron chi connectivity index (χ0n) is 12.9. The van der Waals surface area contributed by atoms with Crippen LogP contribution in [0.1, 0.15) is 44.7 Å². The van der Waals surface area contributed by atoms with Crippen LogP contribution in [0, 0.1) is 11.7 Å². The molecule has 0 aliphatic carbocycles. The second-order valence-corrected chi connectivity index (χ2v) is 6.37. The fourth-order valence-electron chi connectivity index (χ4n) is 3.00. The summed E-state index contributed by atoms with van der Waals surface area (Å²) in [4.78, 5) is 2.41. The van der Waals surface area contributed by atoms with Crippen LogP contribution in [-0.4, -0.2) is 31.1 Å². The van der Waals surface area contributed by atoms with Gasteiger partial charge in [0.1, 0.15) is 5.82 Å². The molecule has 0 radical (unpaired) electrons. The smallest absolute Gasteiger partial charge is 0.123 e. The molecular formula is C17H27FN2. The van der Waals surface area contributed by atoms with Crippen LogP contribution in [0.3, 0.4) is 0 Å². The molecule has 0 aromatic heterocycles. The maximum absolute atomic E-state index is 13.1. The van der Waals surface area contributed by atoms with Crippen molar-refractivity contribution in [1.29, 1.82) is 0 Å². The molecule has 2 nitrogen and oxygen atoms in total. The van der Waals surface area contributed by atoms with Gasteiger partial charge in [0.25, 0.3) is 0 Å². The van der Waals surface area contributed by atoms with E-state index in [1.807, 2.05) is 12.1 Å². The number of benzene rings is 1. The summed E-state index contributed by atoms with van der Waals surface area (Å²) in [5, 5.41) is 3.80. The van der Waals surface area contributed by atoms with Crippen LogP contribution in [0.4, 0.5) is 4.39 Å². The Bertz CT molecular complexity index is 402. The normalized spacial score (nSPS) is 22.8. The Labute approximate surface area is 122 Å². The minimum Gasteiger partial charge on any atom is -0.307 e. The number of hydrogen-bond donors (Lipinski definition) is 1. The Morgan fingerprint density at radius 1 is 1.15 bits per heavy atom. The minimum atomic E-state index is -0.160. The van der Waals surface area contributed by atoms with Crippen molar-refractivity contribution in [1.82, 2.24) is 10.2 Å². The zero-order valence-corrected chi connectivity index (χ0v) is 12.9. The van der Waals surface area contributed by atoms with E-state index in [-0.39, 0.29) is 5.82 Å². The van der Waals surface area contributed by atoms with Crippen LogP contribution >= 0.6 is 0 Å². The molecule has 0 saturated carbocycles. The first kappa shape index (κ1) is 15.5. The third-order valence-corrected chi connectivity index (χ3v) is 4.26. The van der Waals surface area contributed by atoms with E-state index in [0.29, 0.717) is 18.0 Å². The maximum atomic E-state index is 13.1. The second-order valence-electron chi connectivity index (χ2n) is 6.37. The number of rotatable bonds is 4. The van der Waals surface area contributed by atoms with E-state index < -0.39 is 0 Å². The maximum Gasteiger partial charge on any atom is 0.123 e. The molecule has 0 amide bonds. The van der Waals surface area contributed by atoms with Gasteiger partial charge in [-0.1, -0.05) is 26.0 Å². The highest BCUT2D eigenvalue weighted by Crippen LogP contribution is 2.24. The summed E-state index contributed by atoms with van der Waals surface area (Å²) in [6.45, 7) is 6.81. The Hall–Kier alpha value is -0.930. The summed E-state index contributed by atoms with van der Waals surface area (Å²) in [6, 6.07) is 7.83. The highest BCUT2D eigenvalue weighted by atomic mass is 19.1. The van der Waals surface area contributed by atoms with Crippen molar-refractivity contribution in [3.8, 4) is 0 Å². The van der Waals surface area contributed by atoms with Crippen molar-refractivity contribution >= 4 is 0 Å². The topological polar surface area (TPSA) is 15.3 Å². The zero-order chi connectivity index (χ0) is 14.5. The quantitative estimate of drug-likeness (QED) is 0.905. The lowest BCUT2D eigenvalue weighted by atomic mass is 9.94. The third-order valence-electron chi connectivity index (χ3n) is 4.26. The molecule has 1 aromatic rings.